The maximum absolute atomic E-state index is 4.25. The zero-order valence-corrected chi connectivity index (χ0v) is 12.2. The number of halogens is 1. The number of aromatic nitrogens is 2. The van der Waals surface area contributed by atoms with Crippen LogP contribution in [0.5, 0.6) is 0 Å². The van der Waals surface area contributed by atoms with Gasteiger partial charge in [0.05, 0.1) is 4.47 Å². The van der Waals surface area contributed by atoms with Crippen molar-refractivity contribution < 1.29 is 0 Å². The molecule has 3 rings (SSSR count). The van der Waals surface area contributed by atoms with Gasteiger partial charge in [-0.1, -0.05) is 30.3 Å². The fraction of sp³-hybridized carbons (Fsp3) is 0.333. The van der Waals surface area contributed by atoms with Crippen molar-refractivity contribution in [2.45, 2.75) is 19.3 Å². The first-order valence-electron chi connectivity index (χ1n) is 6.51. The lowest BCUT2D eigenvalue weighted by Crippen LogP contribution is -2.19. The highest BCUT2D eigenvalue weighted by atomic mass is 79.9. The van der Waals surface area contributed by atoms with Crippen LogP contribution in [0, 0.1) is 5.41 Å². The molecule has 1 fully saturated rings. The molecule has 0 saturated heterocycles. The second kappa shape index (κ2) is 5.29. The molecule has 0 atom stereocenters. The summed E-state index contributed by atoms with van der Waals surface area (Å²) in [4.78, 5) is 8.49. The fourth-order valence-electron chi connectivity index (χ4n) is 2.29. The second-order valence-corrected chi connectivity index (χ2v) is 6.16. The minimum Gasteiger partial charge on any atom is -0.354 e. The highest BCUT2D eigenvalue weighted by molar-refractivity contribution is 9.10. The van der Waals surface area contributed by atoms with Crippen molar-refractivity contribution in [3.63, 3.8) is 0 Å². The standard InChI is InChI=1S/C15H16BrN3/c16-13-9-17-14(18-10-13)19-11-15(6-7-15)8-12-4-2-1-3-5-12/h1-5,9-10H,6-8,11H2,(H,17,18,19). The van der Waals surface area contributed by atoms with Gasteiger partial charge < -0.3 is 5.32 Å². The topological polar surface area (TPSA) is 37.8 Å². The largest absolute Gasteiger partial charge is 0.354 e. The van der Waals surface area contributed by atoms with Crippen molar-refractivity contribution in [3.8, 4) is 0 Å². The SMILES string of the molecule is Brc1cnc(NCC2(Cc3ccccc3)CC2)nc1. The van der Waals surface area contributed by atoms with Gasteiger partial charge in [0, 0.05) is 18.9 Å². The van der Waals surface area contributed by atoms with E-state index in [0.29, 0.717) is 11.4 Å². The average Bonchev–Trinajstić information content (AvgIpc) is 3.19. The molecule has 1 saturated carbocycles. The third-order valence-corrected chi connectivity index (χ3v) is 4.03. The summed E-state index contributed by atoms with van der Waals surface area (Å²) in [5.74, 6) is 0.711. The van der Waals surface area contributed by atoms with Gasteiger partial charge in [0.25, 0.3) is 0 Å². The quantitative estimate of drug-likeness (QED) is 0.914. The van der Waals surface area contributed by atoms with Crippen molar-refractivity contribution in [2.24, 2.45) is 5.41 Å². The van der Waals surface area contributed by atoms with Crippen LogP contribution >= 0.6 is 15.9 Å². The molecular formula is C15H16BrN3. The molecule has 0 spiro atoms. The molecule has 4 heteroatoms. The van der Waals surface area contributed by atoms with Crippen LogP contribution in [0.15, 0.2) is 47.2 Å². The monoisotopic (exact) mass is 317 g/mol. The summed E-state index contributed by atoms with van der Waals surface area (Å²) in [5, 5.41) is 3.35. The summed E-state index contributed by atoms with van der Waals surface area (Å²) in [6.07, 6.45) is 7.24. The predicted octanol–water partition coefficient (Wildman–Crippen LogP) is 3.67. The van der Waals surface area contributed by atoms with E-state index in [1.165, 1.54) is 18.4 Å². The van der Waals surface area contributed by atoms with E-state index >= 15 is 0 Å². The lowest BCUT2D eigenvalue weighted by molar-refractivity contribution is 0.536. The molecule has 1 heterocycles. The van der Waals surface area contributed by atoms with Gasteiger partial charge in [0.2, 0.25) is 5.95 Å². The molecule has 0 radical (unpaired) electrons. The highest BCUT2D eigenvalue weighted by Crippen LogP contribution is 2.48. The molecule has 1 aliphatic carbocycles. The normalized spacial score (nSPS) is 16.1. The first-order valence-corrected chi connectivity index (χ1v) is 7.30. The predicted molar refractivity (Wildman–Crippen MR) is 80.0 cm³/mol. The van der Waals surface area contributed by atoms with Crippen molar-refractivity contribution in [1.82, 2.24) is 9.97 Å². The van der Waals surface area contributed by atoms with E-state index in [4.69, 9.17) is 0 Å². The van der Waals surface area contributed by atoms with Crippen LogP contribution < -0.4 is 5.32 Å². The molecule has 0 unspecified atom stereocenters. The molecule has 98 valence electrons. The molecule has 1 N–H and O–H groups in total. The number of benzene rings is 1. The first-order chi connectivity index (χ1) is 9.26. The number of nitrogens with zero attached hydrogens (tertiary/aromatic N) is 2. The lowest BCUT2D eigenvalue weighted by atomic mass is 9.96. The van der Waals surface area contributed by atoms with Crippen molar-refractivity contribution >= 4 is 21.9 Å². The molecule has 2 aromatic rings. The van der Waals surface area contributed by atoms with Gasteiger partial charge >= 0.3 is 0 Å². The van der Waals surface area contributed by atoms with Gasteiger partial charge in [0.15, 0.2) is 0 Å². The lowest BCUT2D eigenvalue weighted by Gasteiger charge is -2.16. The van der Waals surface area contributed by atoms with Gasteiger partial charge in [-0.05, 0) is 46.2 Å². The Morgan fingerprint density at radius 2 is 1.79 bits per heavy atom. The number of rotatable bonds is 5. The van der Waals surface area contributed by atoms with Crippen molar-refractivity contribution in [3.05, 3.63) is 52.8 Å². The Bertz CT molecular complexity index is 535. The maximum Gasteiger partial charge on any atom is 0.222 e. The molecule has 1 aromatic carbocycles. The third-order valence-electron chi connectivity index (χ3n) is 3.62. The fourth-order valence-corrected chi connectivity index (χ4v) is 2.50. The summed E-state index contributed by atoms with van der Waals surface area (Å²) < 4.78 is 0.906. The molecule has 3 nitrogen and oxygen atoms in total. The smallest absolute Gasteiger partial charge is 0.222 e. The van der Waals surface area contributed by atoms with Crippen LogP contribution in [0.3, 0.4) is 0 Å². The van der Waals surface area contributed by atoms with Crippen molar-refractivity contribution in [1.29, 1.82) is 0 Å². The minimum atomic E-state index is 0.401. The van der Waals surface area contributed by atoms with E-state index in [2.05, 4.69) is 61.5 Å². The molecule has 0 aliphatic heterocycles. The molecule has 1 aromatic heterocycles. The number of hydrogen-bond donors (Lipinski definition) is 1. The van der Waals surface area contributed by atoms with Gasteiger partial charge in [-0.2, -0.15) is 0 Å². The Morgan fingerprint density at radius 1 is 1.11 bits per heavy atom. The van der Waals surface area contributed by atoms with E-state index < -0.39 is 0 Å². The van der Waals surface area contributed by atoms with Crippen LogP contribution in [0.25, 0.3) is 0 Å². The van der Waals surface area contributed by atoms with Crippen LogP contribution in [0.1, 0.15) is 18.4 Å². The Labute approximate surface area is 121 Å². The van der Waals surface area contributed by atoms with E-state index in [0.717, 1.165) is 17.4 Å². The summed E-state index contributed by atoms with van der Waals surface area (Å²) in [5.41, 5.74) is 1.82. The summed E-state index contributed by atoms with van der Waals surface area (Å²) in [6.45, 7) is 0.948. The highest BCUT2D eigenvalue weighted by Gasteiger charge is 2.42. The van der Waals surface area contributed by atoms with Crippen LogP contribution in [0.4, 0.5) is 5.95 Å². The average molecular weight is 318 g/mol. The minimum absolute atomic E-state index is 0.401. The van der Waals surface area contributed by atoms with E-state index in [9.17, 15) is 0 Å². The van der Waals surface area contributed by atoms with Crippen LogP contribution in [-0.2, 0) is 6.42 Å². The molecule has 0 bridgehead atoms. The molecule has 0 amide bonds. The summed E-state index contributed by atoms with van der Waals surface area (Å²) >= 11 is 3.34. The zero-order chi connectivity index (χ0) is 13.1. The van der Waals surface area contributed by atoms with Crippen LogP contribution in [0.2, 0.25) is 0 Å². The van der Waals surface area contributed by atoms with E-state index in [-0.39, 0.29) is 0 Å². The number of hydrogen-bond acceptors (Lipinski definition) is 3. The Balaban J connectivity index is 1.59. The van der Waals surface area contributed by atoms with Gasteiger partial charge in [-0.25, -0.2) is 9.97 Å². The molecule has 19 heavy (non-hydrogen) atoms. The van der Waals surface area contributed by atoms with E-state index in [1.54, 1.807) is 12.4 Å². The number of anilines is 1. The van der Waals surface area contributed by atoms with Crippen LogP contribution in [-0.4, -0.2) is 16.5 Å². The number of nitrogens with one attached hydrogen (secondary N) is 1. The first kappa shape index (κ1) is 12.6. The van der Waals surface area contributed by atoms with Gasteiger partial charge in [0.1, 0.15) is 0 Å². The van der Waals surface area contributed by atoms with Crippen molar-refractivity contribution in [2.75, 3.05) is 11.9 Å². The third kappa shape index (κ3) is 3.32. The zero-order valence-electron chi connectivity index (χ0n) is 10.6. The van der Waals surface area contributed by atoms with Gasteiger partial charge in [-0.3, -0.25) is 0 Å². The Morgan fingerprint density at radius 3 is 2.42 bits per heavy atom. The van der Waals surface area contributed by atoms with Gasteiger partial charge in [-0.15, -0.1) is 0 Å². The maximum atomic E-state index is 4.25. The van der Waals surface area contributed by atoms with E-state index in [1.807, 2.05) is 0 Å². The Kier molecular flexibility index (Phi) is 3.51. The Hall–Kier alpha value is -1.42. The summed E-state index contributed by atoms with van der Waals surface area (Å²) in [7, 11) is 0. The molecular weight excluding hydrogens is 302 g/mol. The summed E-state index contributed by atoms with van der Waals surface area (Å²) in [6, 6.07) is 10.7. The molecule has 1 aliphatic rings. The second-order valence-electron chi connectivity index (χ2n) is 5.24.